The van der Waals surface area contributed by atoms with E-state index in [2.05, 4.69) is 65.1 Å². The van der Waals surface area contributed by atoms with Crippen molar-refractivity contribution in [1.29, 1.82) is 0 Å². The summed E-state index contributed by atoms with van der Waals surface area (Å²) >= 11 is 21.1. The van der Waals surface area contributed by atoms with Crippen LogP contribution < -0.4 is 4.74 Å². The van der Waals surface area contributed by atoms with Gasteiger partial charge in [0.25, 0.3) is 0 Å². The SMILES string of the molecule is Cc1cc(I)nc(C)c1O.Cc1cc(I)nc(C)c1Oc1ccnc(Cl)c1.Cc1cccc(C)c1O.Clc1ccnc(Cl)c1. The molecule has 1 aromatic carbocycles. The van der Waals surface area contributed by atoms with Crippen molar-refractivity contribution in [3.63, 3.8) is 0 Å². The molecule has 2 N–H and O–H groups in total. The predicted octanol–water partition coefficient (Wildman–Crippen LogP) is 10.5. The van der Waals surface area contributed by atoms with Crippen LogP contribution in [0.3, 0.4) is 0 Å². The van der Waals surface area contributed by atoms with Gasteiger partial charge in [0.15, 0.2) is 5.75 Å². The fourth-order valence-electron chi connectivity index (χ4n) is 3.46. The number of ether oxygens (including phenoxy) is 1. The quantitative estimate of drug-likeness (QED) is 0.135. The van der Waals surface area contributed by atoms with Gasteiger partial charge < -0.3 is 14.9 Å². The van der Waals surface area contributed by atoms with Crippen LogP contribution in [0, 0.1) is 48.9 Å². The second kappa shape index (κ2) is 18.5. The lowest BCUT2D eigenvalue weighted by atomic mass is 10.1. The summed E-state index contributed by atoms with van der Waals surface area (Å²) < 4.78 is 7.66. The molecule has 0 saturated carbocycles. The number of halogens is 5. The Morgan fingerprint density at radius 3 is 1.59 bits per heavy atom. The number of aromatic hydroxyl groups is 2. The minimum Gasteiger partial charge on any atom is -0.507 e. The Labute approximate surface area is 300 Å². The number of rotatable bonds is 2. The molecule has 232 valence electrons. The average molecular weight is 880 g/mol. The number of nitrogens with zero attached hydrogens (tertiary/aromatic N) is 4. The monoisotopic (exact) mass is 878 g/mol. The van der Waals surface area contributed by atoms with E-state index in [1.54, 1.807) is 43.6 Å². The summed E-state index contributed by atoms with van der Waals surface area (Å²) in [6.07, 6.45) is 3.17. The highest BCUT2D eigenvalue weighted by Gasteiger charge is 2.08. The van der Waals surface area contributed by atoms with Gasteiger partial charge in [0.05, 0.1) is 11.4 Å². The van der Waals surface area contributed by atoms with E-state index < -0.39 is 0 Å². The van der Waals surface area contributed by atoms with E-state index in [1.165, 1.54) is 0 Å². The Kier molecular flexibility index (Phi) is 15.9. The number of para-hydroxylation sites is 1. The molecule has 0 fully saturated rings. The summed E-state index contributed by atoms with van der Waals surface area (Å²) in [5.41, 5.74) is 5.38. The van der Waals surface area contributed by atoms with Gasteiger partial charge >= 0.3 is 0 Å². The van der Waals surface area contributed by atoms with Gasteiger partial charge in [-0.25, -0.2) is 19.9 Å². The fraction of sp³-hybridized carbons (Fsp3) is 0.188. The molecule has 7 nitrogen and oxygen atoms in total. The van der Waals surface area contributed by atoms with Crippen molar-refractivity contribution < 1.29 is 14.9 Å². The Hall–Kier alpha value is -2.45. The third kappa shape index (κ3) is 12.9. The summed E-state index contributed by atoms with van der Waals surface area (Å²) in [5, 5.41) is 19.9. The van der Waals surface area contributed by atoms with Crippen LogP contribution in [0.25, 0.3) is 0 Å². The number of phenolic OH excluding ortho intramolecular Hbond substituents is 1. The molecule has 0 spiro atoms. The van der Waals surface area contributed by atoms with Gasteiger partial charge in [-0.3, -0.25) is 0 Å². The van der Waals surface area contributed by atoms with Gasteiger partial charge in [-0.05, 0) is 139 Å². The molecule has 0 aliphatic carbocycles. The zero-order valence-electron chi connectivity index (χ0n) is 24.8. The zero-order chi connectivity index (χ0) is 33.0. The molecular weight excluding hydrogens is 849 g/mol. The number of pyridine rings is 4. The summed E-state index contributed by atoms with van der Waals surface area (Å²) in [6, 6.07) is 16.3. The number of hydrogen-bond donors (Lipinski definition) is 2. The molecule has 0 atom stereocenters. The normalized spacial score (nSPS) is 9.89. The van der Waals surface area contributed by atoms with Crippen molar-refractivity contribution in [2.24, 2.45) is 0 Å². The molecule has 0 saturated heterocycles. The van der Waals surface area contributed by atoms with Gasteiger partial charge in [-0.15, -0.1) is 0 Å². The van der Waals surface area contributed by atoms with Crippen molar-refractivity contribution in [1.82, 2.24) is 19.9 Å². The zero-order valence-corrected chi connectivity index (χ0v) is 31.4. The highest BCUT2D eigenvalue weighted by atomic mass is 127. The highest BCUT2D eigenvalue weighted by Crippen LogP contribution is 2.29. The maximum atomic E-state index is 9.26. The van der Waals surface area contributed by atoms with Crippen LogP contribution in [0.15, 0.2) is 67.0 Å². The first kappa shape index (κ1) is 37.7. The van der Waals surface area contributed by atoms with Gasteiger partial charge in [0.1, 0.15) is 35.0 Å². The summed E-state index contributed by atoms with van der Waals surface area (Å²) in [7, 11) is 0. The Bertz CT molecular complexity index is 1620. The largest absolute Gasteiger partial charge is 0.507 e. The number of aryl methyl sites for hydroxylation is 6. The minimum absolute atomic E-state index is 0.306. The Morgan fingerprint density at radius 1 is 0.614 bits per heavy atom. The molecule has 0 aliphatic rings. The molecule has 0 unspecified atom stereocenters. The number of aromatic nitrogens is 4. The maximum Gasteiger partial charge on any atom is 0.151 e. The Morgan fingerprint density at radius 2 is 1.14 bits per heavy atom. The first-order valence-electron chi connectivity index (χ1n) is 13.0. The molecule has 4 heterocycles. The molecule has 0 aliphatic heterocycles. The predicted molar refractivity (Wildman–Crippen MR) is 196 cm³/mol. The van der Waals surface area contributed by atoms with E-state index in [9.17, 15) is 10.2 Å². The molecule has 4 aromatic heterocycles. The van der Waals surface area contributed by atoms with Crippen LogP contribution in [0.5, 0.6) is 23.0 Å². The highest BCUT2D eigenvalue weighted by molar-refractivity contribution is 14.1. The van der Waals surface area contributed by atoms with Crippen LogP contribution in [0.4, 0.5) is 0 Å². The van der Waals surface area contributed by atoms with Gasteiger partial charge in [-0.2, -0.15) is 0 Å². The van der Waals surface area contributed by atoms with Crippen molar-refractivity contribution in [2.45, 2.75) is 41.5 Å². The molecule has 0 radical (unpaired) electrons. The molecular formula is C32H31Cl3I2N4O3. The van der Waals surface area contributed by atoms with E-state index in [0.717, 1.165) is 41.1 Å². The van der Waals surface area contributed by atoms with Gasteiger partial charge in [-0.1, -0.05) is 53.0 Å². The van der Waals surface area contributed by atoms with E-state index in [1.807, 2.05) is 65.0 Å². The standard InChI is InChI=1S/C12H10ClIN2O.C8H10O.C7H8INO.C5H3Cl2N/c1-7-5-11(14)16-8(2)12(7)17-9-3-4-15-10(13)6-9;1-6-4-3-5-7(2)8(6)9;1-4-3-6(8)9-5(2)7(4)10;6-4-1-2-8-5(7)3-4/h3-6H,1-2H3;3-5,9H,1-2H3;3,10H,1-2H3;1-3H. The number of phenols is 1. The smallest absolute Gasteiger partial charge is 0.151 e. The van der Waals surface area contributed by atoms with Crippen LogP contribution in [-0.4, -0.2) is 30.1 Å². The third-order valence-corrected chi connectivity index (χ3v) is 7.42. The molecule has 44 heavy (non-hydrogen) atoms. The van der Waals surface area contributed by atoms with Crippen molar-refractivity contribution in [3.8, 4) is 23.0 Å². The van der Waals surface area contributed by atoms with Gasteiger partial charge in [0.2, 0.25) is 0 Å². The first-order valence-corrected chi connectivity index (χ1v) is 16.2. The summed E-state index contributed by atoms with van der Waals surface area (Å²) in [6.45, 7) is 11.4. The summed E-state index contributed by atoms with van der Waals surface area (Å²) in [4.78, 5) is 16.1. The van der Waals surface area contributed by atoms with Gasteiger partial charge in [0, 0.05) is 23.5 Å². The van der Waals surface area contributed by atoms with Crippen molar-refractivity contribution >= 4 is 80.0 Å². The third-order valence-electron chi connectivity index (χ3n) is 5.67. The maximum absolute atomic E-state index is 9.26. The second-order valence-corrected chi connectivity index (χ2v) is 12.7. The first-order chi connectivity index (χ1) is 20.7. The van der Waals surface area contributed by atoms with Crippen LogP contribution in [-0.2, 0) is 0 Å². The molecule has 5 rings (SSSR count). The van der Waals surface area contributed by atoms with E-state index in [0.29, 0.717) is 38.3 Å². The van der Waals surface area contributed by atoms with Crippen molar-refractivity contribution in [3.05, 3.63) is 123 Å². The molecule has 5 aromatic rings. The van der Waals surface area contributed by atoms with Crippen LogP contribution in [0.1, 0.15) is 33.6 Å². The minimum atomic E-state index is 0.306. The fourth-order valence-corrected chi connectivity index (χ4v) is 5.67. The second-order valence-electron chi connectivity index (χ2n) is 9.33. The summed E-state index contributed by atoms with van der Waals surface area (Å²) in [5.74, 6) is 2.16. The number of benzene rings is 1. The van der Waals surface area contributed by atoms with Crippen molar-refractivity contribution in [2.75, 3.05) is 0 Å². The van der Waals surface area contributed by atoms with Crippen LogP contribution >= 0.6 is 80.0 Å². The lowest BCUT2D eigenvalue weighted by Crippen LogP contribution is -1.96. The molecule has 0 bridgehead atoms. The van der Waals surface area contributed by atoms with E-state index >= 15 is 0 Å². The lowest BCUT2D eigenvalue weighted by Gasteiger charge is -2.11. The molecule has 12 heteroatoms. The Balaban J connectivity index is 0.000000216. The van der Waals surface area contributed by atoms with E-state index in [-0.39, 0.29) is 0 Å². The van der Waals surface area contributed by atoms with E-state index in [4.69, 9.17) is 39.5 Å². The van der Waals surface area contributed by atoms with Crippen LogP contribution in [0.2, 0.25) is 15.3 Å². The molecule has 0 amide bonds. The topological polar surface area (TPSA) is 101 Å². The lowest BCUT2D eigenvalue weighted by molar-refractivity contribution is 0.463. The number of hydrogen-bond acceptors (Lipinski definition) is 7. The average Bonchev–Trinajstić information content (AvgIpc) is 2.93.